The quantitative estimate of drug-likeness (QED) is 0.574. The Bertz CT molecular complexity index is 1230. The molecule has 1 amide bonds. The first-order valence-electron chi connectivity index (χ1n) is 8.04. The molecule has 134 valence electrons. The second-order valence-electron chi connectivity index (χ2n) is 5.81. The zero-order valence-electron chi connectivity index (χ0n) is 14.5. The van der Waals surface area contributed by atoms with Gasteiger partial charge in [-0.2, -0.15) is 0 Å². The fraction of sp³-hybridized carbons (Fsp3) is 0.118. The monoisotopic (exact) mass is 362 g/mol. The molecule has 0 bridgehead atoms. The van der Waals surface area contributed by atoms with Crippen LogP contribution in [0.2, 0.25) is 0 Å². The summed E-state index contributed by atoms with van der Waals surface area (Å²) in [7, 11) is 1.57. The summed E-state index contributed by atoms with van der Waals surface area (Å²) in [4.78, 5) is 34.4. The second-order valence-corrected chi connectivity index (χ2v) is 5.81. The number of pyridine rings is 1. The van der Waals surface area contributed by atoms with E-state index in [1.165, 1.54) is 9.25 Å². The molecule has 0 atom stereocenters. The van der Waals surface area contributed by atoms with Crippen molar-refractivity contribution in [2.24, 2.45) is 7.05 Å². The Morgan fingerprint density at radius 3 is 2.63 bits per heavy atom. The van der Waals surface area contributed by atoms with Gasteiger partial charge in [-0.3, -0.25) is 19.5 Å². The lowest BCUT2D eigenvalue weighted by Gasteiger charge is -2.11. The van der Waals surface area contributed by atoms with E-state index in [4.69, 9.17) is 0 Å². The van der Waals surface area contributed by atoms with Crippen LogP contribution in [0.15, 0.2) is 47.3 Å². The summed E-state index contributed by atoms with van der Waals surface area (Å²) < 4.78 is 2.65. The average Bonchev–Trinajstić information content (AvgIpc) is 3.05. The van der Waals surface area contributed by atoms with E-state index in [1.54, 1.807) is 43.4 Å². The van der Waals surface area contributed by atoms with Crippen LogP contribution in [0, 0.1) is 6.92 Å². The number of carbonyl (C=O) groups excluding carboxylic acids is 1. The maximum atomic E-state index is 13.1. The number of amides is 1. The van der Waals surface area contributed by atoms with Crippen LogP contribution in [0.25, 0.3) is 16.9 Å². The van der Waals surface area contributed by atoms with E-state index in [-0.39, 0.29) is 11.6 Å². The number of aromatic nitrogens is 7. The molecule has 0 aliphatic carbocycles. The predicted octanol–water partition coefficient (Wildman–Crippen LogP) is 0.865. The Kier molecular flexibility index (Phi) is 3.92. The van der Waals surface area contributed by atoms with Gasteiger partial charge in [0.15, 0.2) is 5.69 Å². The number of tetrazole rings is 1. The SMILES string of the molecule is Cc1cccc(-n2c(=O)c(C(=O)Nc3nnnn3C)nc3ccccc32)n1. The molecular weight excluding hydrogens is 348 g/mol. The maximum absolute atomic E-state index is 13.1. The van der Waals surface area contributed by atoms with Crippen molar-refractivity contribution < 1.29 is 4.79 Å². The molecule has 3 aromatic heterocycles. The third-order valence-corrected chi connectivity index (χ3v) is 3.92. The molecule has 0 aliphatic rings. The normalized spacial score (nSPS) is 10.9. The van der Waals surface area contributed by atoms with Gasteiger partial charge in [-0.1, -0.05) is 23.3 Å². The Labute approximate surface area is 152 Å². The number of nitrogens with one attached hydrogen (secondary N) is 1. The van der Waals surface area contributed by atoms with Crippen molar-refractivity contribution >= 4 is 22.9 Å². The van der Waals surface area contributed by atoms with Crippen LogP contribution in [0.5, 0.6) is 0 Å². The number of nitrogens with zero attached hydrogens (tertiary/aromatic N) is 7. The molecule has 3 heterocycles. The van der Waals surface area contributed by atoms with Crippen molar-refractivity contribution in [3.63, 3.8) is 0 Å². The van der Waals surface area contributed by atoms with Gasteiger partial charge in [0.25, 0.3) is 11.5 Å². The molecule has 10 heteroatoms. The van der Waals surface area contributed by atoms with Crippen molar-refractivity contribution in [1.29, 1.82) is 0 Å². The van der Waals surface area contributed by atoms with Crippen LogP contribution in [0.3, 0.4) is 0 Å². The third kappa shape index (κ3) is 2.92. The van der Waals surface area contributed by atoms with Gasteiger partial charge in [0.2, 0.25) is 5.95 Å². The van der Waals surface area contributed by atoms with E-state index in [1.807, 2.05) is 13.0 Å². The second kappa shape index (κ2) is 6.41. The van der Waals surface area contributed by atoms with E-state index >= 15 is 0 Å². The van der Waals surface area contributed by atoms with Crippen LogP contribution < -0.4 is 10.9 Å². The standard InChI is InChI=1S/C17H14N8O2/c1-10-6-5-9-13(18-10)25-12-8-4-3-7-11(12)19-14(16(25)27)15(26)20-17-21-22-23-24(17)2/h3-9H,1-2H3,(H,20,21,23,26). The summed E-state index contributed by atoms with van der Waals surface area (Å²) in [5.74, 6) is -0.187. The van der Waals surface area contributed by atoms with E-state index < -0.39 is 11.5 Å². The lowest BCUT2D eigenvalue weighted by molar-refractivity contribution is 0.101. The molecule has 1 aromatic carbocycles. The Hall–Kier alpha value is -3.95. The molecule has 0 radical (unpaired) electrons. The molecule has 0 fully saturated rings. The van der Waals surface area contributed by atoms with Crippen LogP contribution in [0.4, 0.5) is 5.95 Å². The zero-order valence-corrected chi connectivity index (χ0v) is 14.5. The van der Waals surface area contributed by atoms with Crippen LogP contribution in [-0.2, 0) is 7.05 Å². The highest BCUT2D eigenvalue weighted by Gasteiger charge is 2.20. The Morgan fingerprint density at radius 1 is 1.07 bits per heavy atom. The lowest BCUT2D eigenvalue weighted by Crippen LogP contribution is -2.31. The number of carbonyl (C=O) groups is 1. The smallest absolute Gasteiger partial charge is 0.288 e. The van der Waals surface area contributed by atoms with Crippen molar-refractivity contribution in [2.75, 3.05) is 5.32 Å². The molecule has 0 aliphatic heterocycles. The minimum Gasteiger partial charge on any atom is -0.288 e. The van der Waals surface area contributed by atoms with Crippen LogP contribution >= 0.6 is 0 Å². The topological polar surface area (TPSA) is 120 Å². The van der Waals surface area contributed by atoms with Crippen molar-refractivity contribution in [2.45, 2.75) is 6.92 Å². The van der Waals surface area contributed by atoms with Gasteiger partial charge in [-0.25, -0.2) is 14.6 Å². The maximum Gasteiger partial charge on any atom is 0.288 e. The summed E-state index contributed by atoms with van der Waals surface area (Å²) in [6.45, 7) is 1.83. The number of rotatable bonds is 3. The van der Waals surface area contributed by atoms with Gasteiger partial charge >= 0.3 is 0 Å². The minimum absolute atomic E-state index is 0.106. The van der Waals surface area contributed by atoms with Gasteiger partial charge in [-0.15, -0.1) is 0 Å². The number of benzene rings is 1. The van der Waals surface area contributed by atoms with Gasteiger partial charge in [0.1, 0.15) is 5.82 Å². The van der Waals surface area contributed by atoms with Crippen molar-refractivity contribution in [3.8, 4) is 5.82 Å². The fourth-order valence-corrected chi connectivity index (χ4v) is 2.66. The molecule has 0 unspecified atom stereocenters. The van der Waals surface area contributed by atoms with E-state index in [2.05, 4.69) is 30.8 Å². The molecule has 4 rings (SSSR count). The van der Waals surface area contributed by atoms with Gasteiger partial charge in [0, 0.05) is 12.7 Å². The molecule has 0 saturated carbocycles. The summed E-state index contributed by atoms with van der Waals surface area (Å²) >= 11 is 0. The van der Waals surface area contributed by atoms with Gasteiger partial charge in [0.05, 0.1) is 11.0 Å². The third-order valence-electron chi connectivity index (χ3n) is 3.92. The number of fused-ring (bicyclic) bond motifs is 1. The number of hydrogen-bond acceptors (Lipinski definition) is 7. The number of aryl methyl sites for hydroxylation is 2. The molecule has 1 N–H and O–H groups in total. The van der Waals surface area contributed by atoms with E-state index in [9.17, 15) is 9.59 Å². The molecule has 0 saturated heterocycles. The minimum atomic E-state index is -0.704. The average molecular weight is 362 g/mol. The van der Waals surface area contributed by atoms with Crippen LogP contribution in [-0.4, -0.2) is 40.6 Å². The number of para-hydroxylation sites is 2. The largest absolute Gasteiger partial charge is 0.288 e. The van der Waals surface area contributed by atoms with Crippen molar-refractivity contribution in [1.82, 2.24) is 34.7 Å². The predicted molar refractivity (Wildman–Crippen MR) is 96.6 cm³/mol. The molecule has 0 spiro atoms. The highest BCUT2D eigenvalue weighted by molar-refractivity contribution is 6.02. The zero-order chi connectivity index (χ0) is 19.0. The first-order chi connectivity index (χ1) is 13.0. The summed E-state index contributed by atoms with van der Waals surface area (Å²) in [6.07, 6.45) is 0. The van der Waals surface area contributed by atoms with Crippen molar-refractivity contribution in [3.05, 3.63) is 64.2 Å². The first kappa shape index (κ1) is 16.5. The summed E-state index contributed by atoms with van der Waals surface area (Å²) in [5, 5.41) is 13.3. The highest BCUT2D eigenvalue weighted by Crippen LogP contribution is 2.15. The molecule has 10 nitrogen and oxygen atoms in total. The fourth-order valence-electron chi connectivity index (χ4n) is 2.66. The Balaban J connectivity index is 1.92. The molecular formula is C17H14N8O2. The van der Waals surface area contributed by atoms with Crippen LogP contribution in [0.1, 0.15) is 16.2 Å². The number of anilines is 1. The van der Waals surface area contributed by atoms with Gasteiger partial charge in [-0.05, 0) is 41.6 Å². The summed E-state index contributed by atoms with van der Waals surface area (Å²) in [6, 6.07) is 12.4. The van der Waals surface area contributed by atoms with Gasteiger partial charge < -0.3 is 0 Å². The summed E-state index contributed by atoms with van der Waals surface area (Å²) in [5.41, 5.74) is 0.926. The molecule has 27 heavy (non-hydrogen) atoms. The highest BCUT2D eigenvalue weighted by atomic mass is 16.2. The van der Waals surface area contributed by atoms with E-state index in [0.29, 0.717) is 16.9 Å². The first-order valence-corrected chi connectivity index (χ1v) is 8.04. The van der Waals surface area contributed by atoms with E-state index in [0.717, 1.165) is 5.69 Å². The number of hydrogen-bond donors (Lipinski definition) is 1. The lowest BCUT2D eigenvalue weighted by atomic mass is 10.2. The molecule has 4 aromatic rings. The Morgan fingerprint density at radius 2 is 1.89 bits per heavy atom.